The van der Waals surface area contributed by atoms with E-state index in [0.717, 1.165) is 12.5 Å². The summed E-state index contributed by atoms with van der Waals surface area (Å²) in [6, 6.07) is 5.65. The molecule has 5 heteroatoms. The van der Waals surface area contributed by atoms with Gasteiger partial charge in [0.1, 0.15) is 0 Å². The molecule has 0 saturated heterocycles. The molecule has 0 fully saturated rings. The summed E-state index contributed by atoms with van der Waals surface area (Å²) in [4.78, 5) is 0. The first-order valence-electron chi connectivity index (χ1n) is 5.86. The van der Waals surface area contributed by atoms with Crippen LogP contribution in [-0.4, -0.2) is 9.67 Å². The van der Waals surface area contributed by atoms with Gasteiger partial charge in [-0.3, -0.25) is 0 Å². The van der Waals surface area contributed by atoms with E-state index in [1.165, 1.54) is 12.1 Å². The van der Waals surface area contributed by atoms with Crippen molar-refractivity contribution >= 4 is 10.9 Å². The Morgan fingerprint density at radius 1 is 1.28 bits per heavy atom. The normalized spacial score (nSPS) is 20.1. The maximum Gasteiger partial charge on any atom is 0.417 e. The summed E-state index contributed by atoms with van der Waals surface area (Å²) in [5, 5.41) is 10.0. The number of nitrogens with zero attached hydrogens (tertiary/aromatic N) is 1. The van der Waals surface area contributed by atoms with Crippen LogP contribution >= 0.6 is 0 Å². The highest BCUT2D eigenvalue weighted by Gasteiger charge is 2.34. The van der Waals surface area contributed by atoms with E-state index in [1.54, 1.807) is 10.6 Å². The summed E-state index contributed by atoms with van der Waals surface area (Å²) in [6.07, 6.45) is -3.62. The first kappa shape index (κ1) is 11.6. The van der Waals surface area contributed by atoms with Crippen molar-refractivity contribution in [3.05, 3.63) is 35.5 Å². The molecule has 1 aromatic heterocycles. The van der Waals surface area contributed by atoms with Crippen molar-refractivity contribution in [3.63, 3.8) is 0 Å². The van der Waals surface area contributed by atoms with E-state index >= 15 is 0 Å². The van der Waals surface area contributed by atoms with Crippen molar-refractivity contribution in [3.8, 4) is 0 Å². The van der Waals surface area contributed by atoms with Gasteiger partial charge in [-0.25, -0.2) is 0 Å². The molecule has 0 radical (unpaired) electrons. The maximum absolute atomic E-state index is 12.9. The molecule has 3 rings (SSSR count). The quantitative estimate of drug-likeness (QED) is 0.766. The number of benzene rings is 1. The number of aliphatic hydroxyl groups is 1. The van der Waals surface area contributed by atoms with Crippen LogP contribution in [0.3, 0.4) is 0 Å². The van der Waals surface area contributed by atoms with E-state index in [0.29, 0.717) is 24.2 Å². The standard InChI is InChI=1S/C13H12F3NO/c14-13(15,16)9-3-1-4-10-8(9)7-11-12(18)5-2-6-17(10)11/h1,3-4,7,12,18H,2,5-6H2. The predicted octanol–water partition coefficient (Wildman–Crippen LogP) is 3.49. The van der Waals surface area contributed by atoms with Gasteiger partial charge in [-0.1, -0.05) is 6.07 Å². The first-order chi connectivity index (χ1) is 8.48. The highest BCUT2D eigenvalue weighted by atomic mass is 19.4. The van der Waals surface area contributed by atoms with Gasteiger partial charge in [0, 0.05) is 23.1 Å². The van der Waals surface area contributed by atoms with E-state index in [9.17, 15) is 18.3 Å². The lowest BCUT2D eigenvalue weighted by atomic mass is 10.1. The molecule has 1 aromatic carbocycles. The molecular weight excluding hydrogens is 243 g/mol. The molecule has 1 N–H and O–H groups in total. The molecule has 2 aromatic rings. The van der Waals surface area contributed by atoms with Crippen molar-refractivity contribution in [1.82, 2.24) is 4.57 Å². The summed E-state index contributed by atoms with van der Waals surface area (Å²) >= 11 is 0. The lowest BCUT2D eigenvalue weighted by Gasteiger charge is -2.21. The summed E-state index contributed by atoms with van der Waals surface area (Å²) in [5.41, 5.74) is 0.514. The van der Waals surface area contributed by atoms with Gasteiger partial charge < -0.3 is 9.67 Å². The third-order valence-electron chi connectivity index (χ3n) is 3.48. The van der Waals surface area contributed by atoms with Crippen LogP contribution in [0.1, 0.15) is 30.2 Å². The number of halogens is 3. The topological polar surface area (TPSA) is 25.2 Å². The van der Waals surface area contributed by atoms with E-state index < -0.39 is 17.8 Å². The average Bonchev–Trinajstić information content (AvgIpc) is 2.68. The summed E-state index contributed by atoms with van der Waals surface area (Å²) in [5.74, 6) is 0. The minimum Gasteiger partial charge on any atom is -0.387 e. The smallest absolute Gasteiger partial charge is 0.387 e. The number of hydrogen-bond acceptors (Lipinski definition) is 1. The molecule has 0 saturated carbocycles. The Labute approximate surface area is 102 Å². The van der Waals surface area contributed by atoms with Crippen molar-refractivity contribution in [2.75, 3.05) is 0 Å². The fourth-order valence-electron chi connectivity index (χ4n) is 2.67. The fraction of sp³-hybridized carbons (Fsp3) is 0.385. The first-order valence-corrected chi connectivity index (χ1v) is 5.86. The monoisotopic (exact) mass is 255 g/mol. The Hall–Kier alpha value is -1.49. The zero-order valence-corrected chi connectivity index (χ0v) is 9.54. The highest BCUT2D eigenvalue weighted by molar-refractivity contribution is 5.85. The molecule has 96 valence electrons. The van der Waals surface area contributed by atoms with Crippen molar-refractivity contribution < 1.29 is 18.3 Å². The lowest BCUT2D eigenvalue weighted by Crippen LogP contribution is -2.14. The van der Waals surface area contributed by atoms with Crippen LogP contribution in [0.5, 0.6) is 0 Å². The molecule has 18 heavy (non-hydrogen) atoms. The Morgan fingerprint density at radius 2 is 2.06 bits per heavy atom. The van der Waals surface area contributed by atoms with Crippen molar-refractivity contribution in [2.45, 2.75) is 31.7 Å². The zero-order chi connectivity index (χ0) is 12.9. The number of aromatic nitrogens is 1. The molecule has 0 bridgehead atoms. The van der Waals surface area contributed by atoms with Crippen LogP contribution < -0.4 is 0 Å². The zero-order valence-electron chi connectivity index (χ0n) is 9.54. The molecule has 2 heterocycles. The van der Waals surface area contributed by atoms with Gasteiger partial charge in [-0.2, -0.15) is 13.2 Å². The Kier molecular flexibility index (Phi) is 2.41. The number of aliphatic hydroxyl groups excluding tert-OH is 1. The average molecular weight is 255 g/mol. The van der Waals surface area contributed by atoms with Crippen LogP contribution in [0, 0.1) is 0 Å². The third-order valence-corrected chi connectivity index (χ3v) is 3.48. The molecule has 0 amide bonds. The van der Waals surface area contributed by atoms with Gasteiger partial charge in [0.15, 0.2) is 0 Å². The van der Waals surface area contributed by atoms with E-state index in [4.69, 9.17) is 0 Å². The molecule has 0 spiro atoms. The van der Waals surface area contributed by atoms with E-state index in [2.05, 4.69) is 0 Å². The van der Waals surface area contributed by atoms with E-state index in [-0.39, 0.29) is 5.39 Å². The number of rotatable bonds is 0. The lowest BCUT2D eigenvalue weighted by molar-refractivity contribution is -0.136. The Bertz CT molecular complexity index is 600. The number of fused-ring (bicyclic) bond motifs is 3. The minimum atomic E-state index is -4.36. The SMILES string of the molecule is OC1CCCn2c1cc1c(C(F)(F)F)cccc12. The van der Waals surface area contributed by atoms with Crippen LogP contribution in [-0.2, 0) is 12.7 Å². The van der Waals surface area contributed by atoms with Crippen molar-refractivity contribution in [2.24, 2.45) is 0 Å². The Balaban J connectivity index is 2.31. The summed E-state index contributed by atoms with van der Waals surface area (Å²) < 4.78 is 40.5. The second kappa shape index (κ2) is 3.75. The van der Waals surface area contributed by atoms with Gasteiger partial charge in [-0.15, -0.1) is 0 Å². The van der Waals surface area contributed by atoms with Gasteiger partial charge in [0.2, 0.25) is 0 Å². The second-order valence-corrected chi connectivity index (χ2v) is 4.62. The van der Waals surface area contributed by atoms with Crippen LogP contribution in [0.4, 0.5) is 13.2 Å². The fourth-order valence-corrected chi connectivity index (χ4v) is 2.67. The summed E-state index contributed by atoms with van der Waals surface area (Å²) in [7, 11) is 0. The molecule has 0 aliphatic carbocycles. The number of alkyl halides is 3. The molecule has 1 aliphatic rings. The molecule has 1 unspecified atom stereocenters. The van der Waals surface area contributed by atoms with Crippen LogP contribution in [0.15, 0.2) is 24.3 Å². The largest absolute Gasteiger partial charge is 0.417 e. The molecule has 1 aliphatic heterocycles. The molecular formula is C13H12F3NO. The highest BCUT2D eigenvalue weighted by Crippen LogP contribution is 2.38. The van der Waals surface area contributed by atoms with Crippen molar-refractivity contribution in [1.29, 1.82) is 0 Å². The van der Waals surface area contributed by atoms with Gasteiger partial charge in [0.05, 0.1) is 11.7 Å². The third kappa shape index (κ3) is 1.61. The van der Waals surface area contributed by atoms with Crippen LogP contribution in [0.25, 0.3) is 10.9 Å². The number of aryl methyl sites for hydroxylation is 1. The van der Waals surface area contributed by atoms with Gasteiger partial charge >= 0.3 is 6.18 Å². The van der Waals surface area contributed by atoms with Crippen LogP contribution in [0.2, 0.25) is 0 Å². The second-order valence-electron chi connectivity index (χ2n) is 4.62. The summed E-state index contributed by atoms with van der Waals surface area (Å²) in [6.45, 7) is 0.664. The number of hydrogen-bond donors (Lipinski definition) is 1. The minimum absolute atomic E-state index is 0.181. The van der Waals surface area contributed by atoms with Gasteiger partial charge in [-0.05, 0) is 31.0 Å². The van der Waals surface area contributed by atoms with E-state index in [1.807, 2.05) is 0 Å². The molecule has 2 nitrogen and oxygen atoms in total. The Morgan fingerprint density at radius 3 is 2.78 bits per heavy atom. The predicted molar refractivity (Wildman–Crippen MR) is 61.1 cm³/mol. The molecule has 1 atom stereocenters. The van der Waals surface area contributed by atoms with Gasteiger partial charge in [0.25, 0.3) is 0 Å². The maximum atomic E-state index is 12.9.